The monoisotopic (exact) mass is 437 g/mol. The number of carbonyl (C=O) groups excluding carboxylic acids is 1. The van der Waals surface area contributed by atoms with Crippen LogP contribution in [-0.4, -0.2) is 102 Å². The molecule has 3 N–H and O–H groups in total. The van der Waals surface area contributed by atoms with Gasteiger partial charge in [-0.05, 0) is 18.9 Å². The molecule has 8 nitrogen and oxygen atoms in total. The van der Waals surface area contributed by atoms with E-state index in [1.807, 2.05) is 11.8 Å². The third-order valence-electron chi connectivity index (χ3n) is 9.93. The van der Waals surface area contributed by atoms with Gasteiger partial charge in [0.15, 0.2) is 0 Å². The number of likely N-dealkylation sites (tertiary alicyclic amines) is 1. The van der Waals surface area contributed by atoms with Crippen LogP contribution >= 0.6 is 0 Å². The zero-order valence-corrected chi connectivity index (χ0v) is 18.7. The molecular weight excluding hydrogens is 402 g/mol. The molecule has 0 aromatic rings. The van der Waals surface area contributed by atoms with Crippen molar-refractivity contribution in [2.45, 2.75) is 60.9 Å². The maximum Gasteiger partial charge on any atom is 0.136 e. The highest BCUT2D eigenvalue weighted by Gasteiger charge is 2.89. The number of ether oxygens (including phenoxy) is 3. The molecule has 4 aliphatic carbocycles. The van der Waals surface area contributed by atoms with Gasteiger partial charge in [-0.15, -0.1) is 6.58 Å². The van der Waals surface area contributed by atoms with Crippen molar-refractivity contribution in [3.05, 3.63) is 12.7 Å². The molecule has 1 heterocycles. The topological polar surface area (TPSA) is 109 Å². The van der Waals surface area contributed by atoms with Crippen molar-refractivity contribution in [1.29, 1.82) is 0 Å². The van der Waals surface area contributed by atoms with Crippen LogP contribution in [0.1, 0.15) is 19.8 Å². The molecule has 8 heteroatoms. The summed E-state index contributed by atoms with van der Waals surface area (Å²) in [5.41, 5.74) is -5.95. The van der Waals surface area contributed by atoms with Crippen LogP contribution in [0.15, 0.2) is 12.7 Å². The first kappa shape index (κ1) is 21.9. The Labute approximate surface area is 183 Å². The molecule has 1 aliphatic heterocycles. The number of rotatable bonds is 6. The van der Waals surface area contributed by atoms with Crippen molar-refractivity contribution in [1.82, 2.24) is 4.90 Å². The molecule has 4 saturated carbocycles. The Balaban J connectivity index is 1.84. The number of carbonyl (C=O) groups is 1. The van der Waals surface area contributed by atoms with E-state index in [4.69, 9.17) is 14.2 Å². The Kier molecular flexibility index (Phi) is 4.67. The number of hydrogen-bond donors (Lipinski definition) is 3. The number of hydrogen-bond acceptors (Lipinski definition) is 8. The van der Waals surface area contributed by atoms with Gasteiger partial charge < -0.3 is 34.3 Å². The summed E-state index contributed by atoms with van der Waals surface area (Å²) < 4.78 is 17.6. The van der Waals surface area contributed by atoms with Gasteiger partial charge in [0, 0.05) is 52.0 Å². The highest BCUT2D eigenvalue weighted by atomic mass is 16.5. The van der Waals surface area contributed by atoms with E-state index >= 15 is 0 Å². The van der Waals surface area contributed by atoms with Crippen LogP contribution in [-0.2, 0) is 19.0 Å². The van der Waals surface area contributed by atoms with Crippen LogP contribution in [0.25, 0.3) is 0 Å². The average Bonchev–Trinajstić information content (AvgIpc) is 3.19. The van der Waals surface area contributed by atoms with Crippen LogP contribution < -0.4 is 0 Å². The smallest absolute Gasteiger partial charge is 0.136 e. The molecule has 0 unspecified atom stereocenters. The van der Waals surface area contributed by atoms with Gasteiger partial charge in [-0.2, -0.15) is 0 Å². The minimum Gasteiger partial charge on any atom is -0.386 e. The largest absolute Gasteiger partial charge is 0.386 e. The molecule has 0 aromatic heterocycles. The van der Waals surface area contributed by atoms with Gasteiger partial charge in [0.2, 0.25) is 0 Å². The van der Waals surface area contributed by atoms with E-state index < -0.39 is 46.2 Å². The molecule has 6 bridgehead atoms. The third kappa shape index (κ3) is 2.06. The number of methoxy groups -OCH3 is 3. The molecule has 0 radical (unpaired) electrons. The quantitative estimate of drug-likeness (QED) is 0.381. The maximum atomic E-state index is 13.2. The number of likely N-dealkylation sites (N-methyl/N-ethyl adjacent to an activating group) is 1. The summed E-state index contributed by atoms with van der Waals surface area (Å²) in [4.78, 5) is 15.1. The molecular formula is C23H35NO7. The van der Waals surface area contributed by atoms with Gasteiger partial charge in [-0.25, -0.2) is 0 Å². The number of nitrogens with zero attached hydrogens (tertiary/aromatic N) is 1. The van der Waals surface area contributed by atoms with Crippen LogP contribution in [0.4, 0.5) is 0 Å². The molecule has 31 heavy (non-hydrogen) atoms. The standard InChI is InChI=1S/C23H35NO7/c1-6-20(26)10-24(7-2)19-21(11-25)13-8-12-14(29-3)9-22(27,15(13)16(12)30-4)23(19,28)18(31-5)17(20)21/h6,11-19,26-28H,1,7-10H2,2-5H3/t12-,13-,14+,15-,16+,17-,18+,19-,20-,21-,22-,23+/m1/s1. The van der Waals surface area contributed by atoms with Gasteiger partial charge in [0.05, 0.1) is 29.8 Å². The lowest BCUT2D eigenvalue weighted by Crippen LogP contribution is -2.80. The van der Waals surface area contributed by atoms with Crippen molar-refractivity contribution in [2.24, 2.45) is 29.1 Å². The average molecular weight is 438 g/mol. The molecule has 1 saturated heterocycles. The van der Waals surface area contributed by atoms with Gasteiger partial charge in [0.1, 0.15) is 23.1 Å². The van der Waals surface area contributed by atoms with Gasteiger partial charge in [-0.1, -0.05) is 13.0 Å². The molecule has 5 aliphatic rings. The Morgan fingerprint density at radius 2 is 1.87 bits per heavy atom. The van der Waals surface area contributed by atoms with Crippen molar-refractivity contribution < 1.29 is 34.3 Å². The van der Waals surface area contributed by atoms with Gasteiger partial charge in [0.25, 0.3) is 0 Å². The fourth-order valence-electron chi connectivity index (χ4n) is 9.13. The lowest BCUT2D eigenvalue weighted by Gasteiger charge is -2.64. The third-order valence-corrected chi connectivity index (χ3v) is 9.93. The number of β-amino-alcohol motifs (C(OH)–C–C–N with tert-alkyl or cyclic N) is 1. The van der Waals surface area contributed by atoms with E-state index in [0.717, 1.165) is 6.29 Å². The fourth-order valence-corrected chi connectivity index (χ4v) is 9.13. The summed E-state index contributed by atoms with van der Waals surface area (Å²) in [6.07, 6.45) is 1.64. The van der Waals surface area contributed by atoms with Crippen molar-refractivity contribution >= 4 is 6.29 Å². The van der Waals surface area contributed by atoms with Gasteiger partial charge in [-0.3, -0.25) is 4.90 Å². The summed E-state index contributed by atoms with van der Waals surface area (Å²) >= 11 is 0. The molecule has 174 valence electrons. The molecule has 5 rings (SSSR count). The predicted molar refractivity (Wildman–Crippen MR) is 110 cm³/mol. The lowest BCUT2D eigenvalue weighted by atomic mass is 9.49. The van der Waals surface area contributed by atoms with E-state index in [1.54, 1.807) is 14.2 Å². The SMILES string of the molecule is C=C[C@@]1(O)CN(CC)[C@@H]2[C@]3(C=O)[C@@H]4C[C@H]5[C@H](OC)[C@@H]4[C@](O)(C[C@@H]5OC)[C@]2(O)[C@@H](OC)[C@@H]31. The van der Waals surface area contributed by atoms with E-state index in [2.05, 4.69) is 6.58 Å². The highest BCUT2D eigenvalue weighted by molar-refractivity contribution is 5.69. The first-order valence-electron chi connectivity index (χ1n) is 11.3. The van der Waals surface area contributed by atoms with Crippen molar-refractivity contribution in [3.8, 4) is 0 Å². The van der Waals surface area contributed by atoms with Crippen LogP contribution in [0.5, 0.6) is 0 Å². The van der Waals surface area contributed by atoms with Crippen LogP contribution in [0.2, 0.25) is 0 Å². The lowest BCUT2D eigenvalue weighted by molar-refractivity contribution is -0.300. The van der Waals surface area contributed by atoms with E-state index in [-0.39, 0.29) is 37.0 Å². The Morgan fingerprint density at radius 1 is 1.16 bits per heavy atom. The maximum absolute atomic E-state index is 13.2. The second-order valence-electron chi connectivity index (χ2n) is 10.4. The summed E-state index contributed by atoms with van der Waals surface area (Å²) in [6, 6.07) is -0.684. The molecule has 0 spiro atoms. The second kappa shape index (κ2) is 6.59. The van der Waals surface area contributed by atoms with Crippen molar-refractivity contribution in [2.75, 3.05) is 34.4 Å². The zero-order valence-electron chi connectivity index (χ0n) is 18.7. The van der Waals surface area contributed by atoms with Crippen LogP contribution in [0, 0.1) is 29.1 Å². The molecule has 5 fully saturated rings. The second-order valence-corrected chi connectivity index (χ2v) is 10.4. The van der Waals surface area contributed by atoms with Crippen LogP contribution in [0.3, 0.4) is 0 Å². The molecule has 0 amide bonds. The normalized spacial score (nSPS) is 59.6. The van der Waals surface area contributed by atoms with Crippen molar-refractivity contribution in [3.63, 3.8) is 0 Å². The zero-order chi connectivity index (χ0) is 22.6. The minimum atomic E-state index is -1.79. The highest BCUT2D eigenvalue weighted by Crippen LogP contribution is 2.76. The minimum absolute atomic E-state index is 0.00123. The number of fused-ring (bicyclic) bond motifs is 2. The Morgan fingerprint density at radius 3 is 2.39 bits per heavy atom. The molecule has 0 aromatic carbocycles. The summed E-state index contributed by atoms with van der Waals surface area (Å²) in [5.74, 6) is -1.48. The molecule has 12 atom stereocenters. The first-order valence-corrected chi connectivity index (χ1v) is 11.3. The fraction of sp³-hybridized carbons (Fsp3) is 0.870. The summed E-state index contributed by atoms with van der Waals surface area (Å²) in [6.45, 7) is 6.54. The Hall–Kier alpha value is -0.870. The first-order chi connectivity index (χ1) is 14.7. The van der Waals surface area contributed by atoms with E-state index in [0.29, 0.717) is 13.0 Å². The predicted octanol–water partition coefficient (Wildman–Crippen LogP) is -0.400. The number of aldehydes is 1. The number of aliphatic hydroxyl groups is 3. The Bertz CT molecular complexity index is 794. The summed E-state index contributed by atoms with van der Waals surface area (Å²) in [7, 11) is 4.70. The van der Waals surface area contributed by atoms with E-state index in [1.165, 1.54) is 13.2 Å². The van der Waals surface area contributed by atoms with E-state index in [9.17, 15) is 20.1 Å². The summed E-state index contributed by atoms with van der Waals surface area (Å²) in [5, 5.41) is 36.7. The number of piperidine rings is 1. The van der Waals surface area contributed by atoms with Gasteiger partial charge >= 0.3 is 0 Å².